The number of carbonyl (C=O) groups is 1. The van der Waals surface area contributed by atoms with Crippen LogP contribution in [0.5, 0.6) is 11.5 Å². The molecule has 0 saturated carbocycles. The van der Waals surface area contributed by atoms with E-state index >= 15 is 0 Å². The van der Waals surface area contributed by atoms with Crippen LogP contribution in [0.25, 0.3) is 0 Å². The Bertz CT molecular complexity index is 1010. The van der Waals surface area contributed by atoms with Gasteiger partial charge in [0.05, 0.1) is 7.11 Å². The topological polar surface area (TPSA) is 79.8 Å². The molecule has 1 amide bonds. The molecule has 1 aliphatic heterocycles. The van der Waals surface area contributed by atoms with Crippen LogP contribution in [0.3, 0.4) is 0 Å². The number of carbonyl (C=O) groups excluding carboxylic acids is 1. The fraction of sp³-hybridized carbons (Fsp3) is 0.292. The van der Waals surface area contributed by atoms with Crippen molar-refractivity contribution in [1.29, 1.82) is 0 Å². The third-order valence-electron chi connectivity index (χ3n) is 5.29. The van der Waals surface area contributed by atoms with E-state index in [-0.39, 0.29) is 12.5 Å². The number of piperazine rings is 1. The lowest BCUT2D eigenvalue weighted by Gasteiger charge is -2.35. The van der Waals surface area contributed by atoms with Crippen LogP contribution >= 0.6 is 0 Å². The normalized spacial score (nSPS) is 14.1. The van der Waals surface area contributed by atoms with E-state index in [0.29, 0.717) is 11.6 Å². The van der Waals surface area contributed by atoms with Gasteiger partial charge in [-0.1, -0.05) is 30.3 Å². The second-order valence-electron chi connectivity index (χ2n) is 7.52. The number of aromatic nitrogens is 2. The number of anilines is 2. The molecule has 0 spiro atoms. The maximum atomic E-state index is 12.3. The highest BCUT2D eigenvalue weighted by molar-refractivity contribution is 5.91. The predicted molar refractivity (Wildman–Crippen MR) is 123 cm³/mol. The van der Waals surface area contributed by atoms with Crippen LogP contribution in [0.1, 0.15) is 5.56 Å². The second-order valence-corrected chi connectivity index (χ2v) is 7.52. The quantitative estimate of drug-likeness (QED) is 0.585. The van der Waals surface area contributed by atoms with Crippen LogP contribution in [0.15, 0.2) is 67.0 Å². The zero-order valence-corrected chi connectivity index (χ0v) is 18.1. The van der Waals surface area contributed by atoms with Gasteiger partial charge in [-0.05, 0) is 29.8 Å². The molecule has 0 unspecified atom stereocenters. The average molecular weight is 434 g/mol. The van der Waals surface area contributed by atoms with Gasteiger partial charge in [-0.25, -0.2) is 9.97 Å². The molecule has 0 atom stereocenters. The van der Waals surface area contributed by atoms with E-state index < -0.39 is 0 Å². The Labute approximate surface area is 187 Å². The van der Waals surface area contributed by atoms with E-state index in [4.69, 9.17) is 9.47 Å². The molecule has 8 nitrogen and oxygen atoms in total. The van der Waals surface area contributed by atoms with Gasteiger partial charge < -0.3 is 19.7 Å². The van der Waals surface area contributed by atoms with Crippen LogP contribution in [-0.4, -0.2) is 60.7 Å². The first-order valence-corrected chi connectivity index (χ1v) is 10.6. The van der Waals surface area contributed by atoms with E-state index in [9.17, 15) is 4.79 Å². The average Bonchev–Trinajstić information content (AvgIpc) is 2.84. The van der Waals surface area contributed by atoms with E-state index in [2.05, 4.69) is 49.4 Å². The first-order chi connectivity index (χ1) is 15.7. The molecule has 1 saturated heterocycles. The third kappa shape index (κ3) is 5.95. The van der Waals surface area contributed by atoms with Crippen molar-refractivity contribution in [3.63, 3.8) is 0 Å². The summed E-state index contributed by atoms with van der Waals surface area (Å²) >= 11 is 0. The maximum absolute atomic E-state index is 12.3. The van der Waals surface area contributed by atoms with Gasteiger partial charge in [0.15, 0.2) is 6.61 Å². The number of nitrogens with zero attached hydrogens (tertiary/aromatic N) is 4. The van der Waals surface area contributed by atoms with Gasteiger partial charge in [-0.15, -0.1) is 0 Å². The summed E-state index contributed by atoms with van der Waals surface area (Å²) < 4.78 is 10.6. The molecule has 3 aromatic rings. The van der Waals surface area contributed by atoms with Crippen LogP contribution < -0.4 is 19.7 Å². The molecule has 1 aliphatic rings. The van der Waals surface area contributed by atoms with Gasteiger partial charge in [0.2, 0.25) is 0 Å². The Hall–Kier alpha value is -3.65. The monoisotopic (exact) mass is 433 g/mol. The molecular weight excluding hydrogens is 406 g/mol. The van der Waals surface area contributed by atoms with E-state index in [1.807, 2.05) is 6.07 Å². The van der Waals surface area contributed by atoms with Crippen LogP contribution in [0, 0.1) is 0 Å². The summed E-state index contributed by atoms with van der Waals surface area (Å²) in [5.41, 5.74) is 1.32. The number of benzene rings is 2. The van der Waals surface area contributed by atoms with Crippen molar-refractivity contribution in [3.8, 4) is 11.5 Å². The Morgan fingerprint density at radius 1 is 0.969 bits per heavy atom. The largest absolute Gasteiger partial charge is 0.497 e. The van der Waals surface area contributed by atoms with Crippen LogP contribution in [-0.2, 0) is 11.3 Å². The van der Waals surface area contributed by atoms with Crippen LogP contribution in [0.2, 0.25) is 0 Å². The number of methoxy groups -OCH3 is 1. The molecule has 166 valence electrons. The first kappa shape index (κ1) is 21.6. The van der Waals surface area contributed by atoms with Gasteiger partial charge in [-0.3, -0.25) is 9.69 Å². The summed E-state index contributed by atoms with van der Waals surface area (Å²) in [5, 5.41) is 2.78. The van der Waals surface area contributed by atoms with Crippen molar-refractivity contribution >= 4 is 17.5 Å². The standard InChI is InChI=1S/C24H27N5O3/c1-31-20-7-9-21(10-8-20)32-17-24(30)27-22-15-23(26-18-25-22)29-13-11-28(12-14-29)16-19-5-3-2-4-6-19/h2-10,15,18H,11-14,16-17H2,1H3,(H,25,26,27,30). The molecule has 1 N–H and O–H groups in total. The van der Waals surface area contributed by atoms with Crippen molar-refractivity contribution in [2.45, 2.75) is 6.54 Å². The van der Waals surface area contributed by atoms with Crippen molar-refractivity contribution in [2.24, 2.45) is 0 Å². The molecule has 0 bridgehead atoms. The molecule has 2 aromatic carbocycles. The van der Waals surface area contributed by atoms with Gasteiger partial charge in [0.25, 0.3) is 5.91 Å². The van der Waals surface area contributed by atoms with E-state index in [1.54, 1.807) is 37.4 Å². The Morgan fingerprint density at radius 3 is 2.41 bits per heavy atom. The van der Waals surface area contributed by atoms with Gasteiger partial charge in [0, 0.05) is 38.8 Å². The lowest BCUT2D eigenvalue weighted by molar-refractivity contribution is -0.118. The molecule has 8 heteroatoms. The van der Waals surface area contributed by atoms with E-state index in [1.165, 1.54) is 11.9 Å². The third-order valence-corrected chi connectivity index (χ3v) is 5.29. The lowest BCUT2D eigenvalue weighted by Crippen LogP contribution is -2.46. The van der Waals surface area contributed by atoms with E-state index in [0.717, 1.165) is 44.3 Å². The zero-order valence-electron chi connectivity index (χ0n) is 18.1. The zero-order chi connectivity index (χ0) is 22.2. The predicted octanol–water partition coefficient (Wildman–Crippen LogP) is 2.82. The number of amides is 1. The van der Waals surface area contributed by atoms with Crippen molar-refractivity contribution in [3.05, 3.63) is 72.6 Å². The summed E-state index contributed by atoms with van der Waals surface area (Å²) in [7, 11) is 1.60. The molecule has 4 rings (SSSR count). The number of nitrogens with one attached hydrogen (secondary N) is 1. The van der Waals surface area contributed by atoms with Gasteiger partial charge in [-0.2, -0.15) is 0 Å². The highest BCUT2D eigenvalue weighted by Gasteiger charge is 2.19. The number of rotatable bonds is 8. The highest BCUT2D eigenvalue weighted by Crippen LogP contribution is 2.19. The molecule has 0 aliphatic carbocycles. The summed E-state index contributed by atoms with van der Waals surface area (Å²) in [6, 6.07) is 19.4. The van der Waals surface area contributed by atoms with Crippen molar-refractivity contribution in [1.82, 2.24) is 14.9 Å². The fourth-order valence-corrected chi connectivity index (χ4v) is 3.56. The minimum Gasteiger partial charge on any atom is -0.497 e. The maximum Gasteiger partial charge on any atom is 0.263 e. The molecule has 1 aromatic heterocycles. The lowest BCUT2D eigenvalue weighted by atomic mass is 10.2. The molecular formula is C24H27N5O3. The summed E-state index contributed by atoms with van der Waals surface area (Å²) in [5.74, 6) is 2.32. The minimum absolute atomic E-state index is 0.107. The summed E-state index contributed by atoms with van der Waals surface area (Å²) in [6.07, 6.45) is 1.48. The molecule has 1 fully saturated rings. The Kier molecular flexibility index (Phi) is 7.14. The van der Waals surface area contributed by atoms with Crippen molar-refractivity contribution < 1.29 is 14.3 Å². The highest BCUT2D eigenvalue weighted by atomic mass is 16.5. The number of hydrogen-bond acceptors (Lipinski definition) is 7. The Balaban J connectivity index is 1.26. The SMILES string of the molecule is COc1ccc(OCC(=O)Nc2cc(N3CCN(Cc4ccccc4)CC3)ncn2)cc1. The molecule has 2 heterocycles. The smallest absolute Gasteiger partial charge is 0.263 e. The fourth-order valence-electron chi connectivity index (χ4n) is 3.56. The van der Waals surface area contributed by atoms with Gasteiger partial charge >= 0.3 is 0 Å². The number of hydrogen-bond donors (Lipinski definition) is 1. The first-order valence-electron chi connectivity index (χ1n) is 10.6. The number of ether oxygens (including phenoxy) is 2. The minimum atomic E-state index is -0.279. The summed E-state index contributed by atoms with van der Waals surface area (Å²) in [4.78, 5) is 25.5. The molecule has 32 heavy (non-hydrogen) atoms. The summed E-state index contributed by atoms with van der Waals surface area (Å²) in [6.45, 7) is 4.50. The Morgan fingerprint density at radius 2 is 1.69 bits per heavy atom. The molecule has 0 radical (unpaired) electrons. The van der Waals surface area contributed by atoms with Crippen molar-refractivity contribution in [2.75, 3.05) is 50.1 Å². The second kappa shape index (κ2) is 10.6. The van der Waals surface area contributed by atoms with Gasteiger partial charge in [0.1, 0.15) is 29.5 Å². The van der Waals surface area contributed by atoms with Crippen LogP contribution in [0.4, 0.5) is 11.6 Å².